The van der Waals surface area contributed by atoms with E-state index in [1.807, 2.05) is 72.8 Å². The van der Waals surface area contributed by atoms with Crippen LogP contribution in [0.3, 0.4) is 0 Å². The van der Waals surface area contributed by atoms with Gasteiger partial charge in [-0.25, -0.2) is 0 Å². The molecule has 0 bridgehead atoms. The summed E-state index contributed by atoms with van der Waals surface area (Å²) >= 11 is 0. The summed E-state index contributed by atoms with van der Waals surface area (Å²) in [5, 5.41) is 22.1. The van der Waals surface area contributed by atoms with E-state index in [1.165, 1.54) is 11.1 Å². The van der Waals surface area contributed by atoms with Gasteiger partial charge in [0, 0.05) is 22.6 Å². The highest BCUT2D eigenvalue weighted by atomic mass is 16.3. The summed E-state index contributed by atoms with van der Waals surface area (Å²) in [5.41, 5.74) is 7.36. The zero-order valence-electron chi connectivity index (χ0n) is 20.4. The van der Waals surface area contributed by atoms with Crippen molar-refractivity contribution in [2.45, 2.75) is 18.8 Å². The normalized spacial score (nSPS) is 10.9. The Morgan fingerprint density at radius 3 is 1.43 bits per heavy atom. The van der Waals surface area contributed by atoms with Gasteiger partial charge in [0.05, 0.1) is 0 Å². The van der Waals surface area contributed by atoms with Crippen molar-refractivity contribution in [3.63, 3.8) is 0 Å². The van der Waals surface area contributed by atoms with Crippen LogP contribution >= 0.6 is 0 Å². The van der Waals surface area contributed by atoms with E-state index in [9.17, 15) is 15.0 Å². The molecule has 5 aromatic carbocycles. The van der Waals surface area contributed by atoms with Gasteiger partial charge in [0.2, 0.25) is 0 Å². The second-order valence-electron chi connectivity index (χ2n) is 9.33. The molecule has 0 fully saturated rings. The highest BCUT2D eigenvalue weighted by Crippen LogP contribution is 2.41. The molecular formula is C34H28O3. The predicted octanol–water partition coefficient (Wildman–Crippen LogP) is 7.27. The number of carbonyl (C=O) groups is 1. The first kappa shape index (κ1) is 24.1. The maximum Gasteiger partial charge on any atom is 0.150 e. The number of rotatable bonds is 8. The minimum absolute atomic E-state index is 0.161. The average molecular weight is 485 g/mol. The fourth-order valence-corrected chi connectivity index (χ4v) is 4.85. The topological polar surface area (TPSA) is 57.5 Å². The molecule has 0 saturated carbocycles. The number of carbonyl (C=O) groups excluding carboxylic acids is 1. The van der Waals surface area contributed by atoms with Gasteiger partial charge in [-0.05, 0) is 52.8 Å². The van der Waals surface area contributed by atoms with Crippen LogP contribution in [0, 0.1) is 0 Å². The van der Waals surface area contributed by atoms with E-state index in [1.54, 1.807) is 24.3 Å². The zero-order valence-corrected chi connectivity index (χ0v) is 20.4. The van der Waals surface area contributed by atoms with Crippen LogP contribution in [-0.2, 0) is 12.8 Å². The van der Waals surface area contributed by atoms with E-state index in [4.69, 9.17) is 0 Å². The maximum atomic E-state index is 11.3. The number of aldehydes is 1. The van der Waals surface area contributed by atoms with Crippen molar-refractivity contribution in [1.82, 2.24) is 0 Å². The molecule has 5 rings (SSSR count). The Hall–Kier alpha value is -4.63. The SMILES string of the molecule is O=Cc1ccc(C(c2cc(Cc3ccccc3)ccc2O)c2cc(Cc3ccccc3)ccc2O)cc1. The molecule has 0 unspecified atom stereocenters. The first-order valence-corrected chi connectivity index (χ1v) is 12.4. The van der Waals surface area contributed by atoms with Crippen molar-refractivity contribution in [2.24, 2.45) is 0 Å². The quantitative estimate of drug-likeness (QED) is 0.180. The zero-order chi connectivity index (χ0) is 25.6. The standard InChI is InChI=1S/C34H28O3/c35-23-26-11-15-29(16-12-26)34(30-21-27(13-17-32(30)36)19-24-7-3-1-4-8-24)31-22-28(14-18-33(31)37)20-25-9-5-2-6-10-25/h1-18,21-23,34,36-37H,19-20H2. The molecule has 0 aliphatic carbocycles. The summed E-state index contributed by atoms with van der Waals surface area (Å²) in [6, 6.07) is 39.1. The van der Waals surface area contributed by atoms with Crippen LogP contribution in [0.4, 0.5) is 0 Å². The highest BCUT2D eigenvalue weighted by Gasteiger charge is 2.24. The minimum atomic E-state index is -0.424. The van der Waals surface area contributed by atoms with Gasteiger partial charge in [-0.3, -0.25) is 4.79 Å². The van der Waals surface area contributed by atoms with E-state index >= 15 is 0 Å². The number of aromatic hydroxyl groups is 2. The Bertz CT molecular complexity index is 1400. The third kappa shape index (κ3) is 5.62. The number of phenolic OH excluding ortho intramolecular Hbond substituents is 2. The minimum Gasteiger partial charge on any atom is -0.508 e. The van der Waals surface area contributed by atoms with Crippen molar-refractivity contribution in [1.29, 1.82) is 0 Å². The molecule has 0 atom stereocenters. The largest absolute Gasteiger partial charge is 0.508 e. The van der Waals surface area contributed by atoms with E-state index in [0.717, 1.165) is 35.8 Å². The Morgan fingerprint density at radius 1 is 0.541 bits per heavy atom. The molecule has 37 heavy (non-hydrogen) atoms. The fourth-order valence-electron chi connectivity index (χ4n) is 4.85. The van der Waals surface area contributed by atoms with Gasteiger partial charge in [0.1, 0.15) is 17.8 Å². The Morgan fingerprint density at radius 2 is 1.00 bits per heavy atom. The van der Waals surface area contributed by atoms with Crippen molar-refractivity contribution in [3.8, 4) is 11.5 Å². The second-order valence-corrected chi connectivity index (χ2v) is 9.33. The summed E-state index contributed by atoms with van der Waals surface area (Å²) in [4.78, 5) is 11.3. The molecule has 182 valence electrons. The van der Waals surface area contributed by atoms with Gasteiger partial charge in [0.15, 0.2) is 0 Å². The molecule has 0 amide bonds. The van der Waals surface area contributed by atoms with E-state index < -0.39 is 5.92 Å². The van der Waals surface area contributed by atoms with Crippen LogP contribution in [0.1, 0.15) is 55.2 Å². The molecule has 0 saturated heterocycles. The third-order valence-corrected chi connectivity index (χ3v) is 6.71. The van der Waals surface area contributed by atoms with Crippen LogP contribution in [0.5, 0.6) is 11.5 Å². The summed E-state index contributed by atoms with van der Waals surface area (Å²) in [7, 11) is 0. The number of phenols is 2. The van der Waals surface area contributed by atoms with Gasteiger partial charge in [-0.2, -0.15) is 0 Å². The van der Waals surface area contributed by atoms with E-state index in [-0.39, 0.29) is 11.5 Å². The summed E-state index contributed by atoms with van der Waals surface area (Å²) in [6.07, 6.45) is 2.27. The van der Waals surface area contributed by atoms with Gasteiger partial charge in [-0.15, -0.1) is 0 Å². The maximum absolute atomic E-state index is 11.3. The van der Waals surface area contributed by atoms with Gasteiger partial charge in [0.25, 0.3) is 0 Å². The van der Waals surface area contributed by atoms with Crippen LogP contribution in [0.25, 0.3) is 0 Å². The molecule has 3 nitrogen and oxygen atoms in total. The first-order valence-electron chi connectivity index (χ1n) is 12.4. The summed E-state index contributed by atoms with van der Waals surface area (Å²) in [5.74, 6) is -0.101. The molecule has 0 spiro atoms. The molecule has 0 heterocycles. The molecule has 5 aromatic rings. The van der Waals surface area contributed by atoms with Crippen LogP contribution in [0.15, 0.2) is 121 Å². The molecule has 0 radical (unpaired) electrons. The Labute approximate surface area is 217 Å². The van der Waals surface area contributed by atoms with Crippen LogP contribution in [-0.4, -0.2) is 16.5 Å². The number of hydrogen-bond donors (Lipinski definition) is 2. The lowest BCUT2D eigenvalue weighted by molar-refractivity contribution is 0.112. The Balaban J connectivity index is 1.61. The van der Waals surface area contributed by atoms with E-state index in [2.05, 4.69) is 24.3 Å². The number of benzene rings is 5. The monoisotopic (exact) mass is 484 g/mol. The first-order chi connectivity index (χ1) is 18.1. The fraction of sp³-hybridized carbons (Fsp3) is 0.0882. The molecule has 2 N–H and O–H groups in total. The lowest BCUT2D eigenvalue weighted by Crippen LogP contribution is -2.06. The smallest absolute Gasteiger partial charge is 0.150 e. The van der Waals surface area contributed by atoms with Gasteiger partial charge >= 0.3 is 0 Å². The lowest BCUT2D eigenvalue weighted by Gasteiger charge is -2.23. The van der Waals surface area contributed by atoms with E-state index in [0.29, 0.717) is 16.7 Å². The van der Waals surface area contributed by atoms with Crippen LogP contribution < -0.4 is 0 Å². The van der Waals surface area contributed by atoms with Crippen molar-refractivity contribution in [2.75, 3.05) is 0 Å². The second kappa shape index (κ2) is 11.0. The van der Waals surface area contributed by atoms with Crippen molar-refractivity contribution in [3.05, 3.63) is 166 Å². The summed E-state index contributed by atoms with van der Waals surface area (Å²) in [6.45, 7) is 0. The molecule has 0 aliphatic rings. The average Bonchev–Trinajstić information content (AvgIpc) is 2.94. The molecule has 0 aromatic heterocycles. The van der Waals surface area contributed by atoms with Gasteiger partial charge in [-0.1, -0.05) is 109 Å². The molecule has 0 aliphatic heterocycles. The third-order valence-electron chi connectivity index (χ3n) is 6.71. The highest BCUT2D eigenvalue weighted by molar-refractivity contribution is 5.74. The lowest BCUT2D eigenvalue weighted by atomic mass is 9.82. The summed E-state index contributed by atoms with van der Waals surface area (Å²) < 4.78 is 0. The predicted molar refractivity (Wildman–Crippen MR) is 147 cm³/mol. The van der Waals surface area contributed by atoms with Crippen LogP contribution in [0.2, 0.25) is 0 Å². The van der Waals surface area contributed by atoms with Crippen molar-refractivity contribution >= 4 is 6.29 Å². The molecule has 3 heteroatoms. The van der Waals surface area contributed by atoms with Gasteiger partial charge < -0.3 is 10.2 Å². The number of hydrogen-bond acceptors (Lipinski definition) is 3. The molecular weight excluding hydrogens is 456 g/mol. The Kier molecular flexibility index (Phi) is 7.14. The van der Waals surface area contributed by atoms with Crippen molar-refractivity contribution < 1.29 is 15.0 Å².